The summed E-state index contributed by atoms with van der Waals surface area (Å²) in [5.74, 6) is 0.229. The van der Waals surface area contributed by atoms with Gasteiger partial charge in [0.05, 0.1) is 12.5 Å². The molecule has 0 bridgehead atoms. The standard InChI is InChI=1S/C24H47BrO2/c1-3-5-7-11-15-19-23(20-16-12-8-6-4-2)24(26)27-22-18-14-10-9-13-17-21-25/h23H,3-22H2,1-2H3. The first-order valence-electron chi connectivity index (χ1n) is 12.0. The molecule has 0 unspecified atom stereocenters. The quantitative estimate of drug-likeness (QED) is 0.100. The van der Waals surface area contributed by atoms with E-state index in [1.807, 2.05) is 0 Å². The van der Waals surface area contributed by atoms with E-state index in [1.165, 1.54) is 96.3 Å². The number of alkyl halides is 1. The fourth-order valence-corrected chi connectivity index (χ4v) is 3.96. The van der Waals surface area contributed by atoms with Crippen molar-refractivity contribution in [2.75, 3.05) is 11.9 Å². The summed E-state index contributed by atoms with van der Waals surface area (Å²) in [5, 5.41) is 1.11. The Morgan fingerprint density at radius 3 is 1.63 bits per heavy atom. The first-order chi connectivity index (χ1) is 13.3. The molecule has 0 fully saturated rings. The lowest BCUT2D eigenvalue weighted by Gasteiger charge is -2.16. The van der Waals surface area contributed by atoms with Gasteiger partial charge in [0.15, 0.2) is 0 Å². The van der Waals surface area contributed by atoms with Gasteiger partial charge in [-0.25, -0.2) is 0 Å². The molecule has 0 amide bonds. The highest BCUT2D eigenvalue weighted by atomic mass is 79.9. The fraction of sp³-hybridized carbons (Fsp3) is 0.958. The van der Waals surface area contributed by atoms with E-state index >= 15 is 0 Å². The normalized spacial score (nSPS) is 11.3. The zero-order chi connectivity index (χ0) is 20.0. The van der Waals surface area contributed by atoms with Gasteiger partial charge in [-0.1, -0.05) is 120 Å². The highest BCUT2D eigenvalue weighted by Gasteiger charge is 2.19. The maximum atomic E-state index is 12.5. The molecule has 0 saturated heterocycles. The van der Waals surface area contributed by atoms with E-state index in [0.29, 0.717) is 6.61 Å². The first kappa shape index (κ1) is 27.0. The molecule has 0 aliphatic rings. The summed E-state index contributed by atoms with van der Waals surface area (Å²) >= 11 is 3.48. The second kappa shape index (κ2) is 22.2. The molecule has 0 saturated carbocycles. The monoisotopic (exact) mass is 446 g/mol. The first-order valence-corrected chi connectivity index (χ1v) is 13.1. The molecule has 0 rings (SSSR count). The van der Waals surface area contributed by atoms with E-state index in [-0.39, 0.29) is 11.9 Å². The summed E-state index contributed by atoms with van der Waals surface area (Å²) in [6, 6.07) is 0. The second-order valence-electron chi connectivity index (χ2n) is 8.08. The summed E-state index contributed by atoms with van der Waals surface area (Å²) in [5.41, 5.74) is 0. The molecule has 2 nitrogen and oxygen atoms in total. The van der Waals surface area contributed by atoms with Crippen LogP contribution in [0.4, 0.5) is 0 Å². The van der Waals surface area contributed by atoms with Gasteiger partial charge in [0.2, 0.25) is 0 Å². The Morgan fingerprint density at radius 1 is 0.667 bits per heavy atom. The molecular weight excluding hydrogens is 400 g/mol. The maximum Gasteiger partial charge on any atom is 0.308 e. The molecule has 0 heterocycles. The molecule has 0 spiro atoms. The summed E-state index contributed by atoms with van der Waals surface area (Å²) in [7, 11) is 0. The molecule has 0 atom stereocenters. The predicted octanol–water partition coefficient (Wildman–Crippen LogP) is 8.60. The van der Waals surface area contributed by atoms with Gasteiger partial charge in [0.25, 0.3) is 0 Å². The zero-order valence-corrected chi connectivity index (χ0v) is 20.0. The maximum absolute atomic E-state index is 12.5. The Labute approximate surface area is 178 Å². The molecule has 0 radical (unpaired) electrons. The Morgan fingerprint density at radius 2 is 1.11 bits per heavy atom. The Bertz CT molecular complexity index is 293. The molecule has 0 aromatic carbocycles. The van der Waals surface area contributed by atoms with Crippen LogP contribution in [0.5, 0.6) is 0 Å². The van der Waals surface area contributed by atoms with Crippen LogP contribution < -0.4 is 0 Å². The number of unbranched alkanes of at least 4 members (excludes halogenated alkanes) is 13. The average molecular weight is 448 g/mol. The van der Waals surface area contributed by atoms with Crippen LogP contribution in [0.25, 0.3) is 0 Å². The van der Waals surface area contributed by atoms with E-state index in [0.717, 1.165) is 24.6 Å². The van der Waals surface area contributed by atoms with Gasteiger partial charge in [0, 0.05) is 5.33 Å². The molecular formula is C24H47BrO2. The van der Waals surface area contributed by atoms with Crippen molar-refractivity contribution in [1.29, 1.82) is 0 Å². The Hall–Kier alpha value is -0.0500. The van der Waals surface area contributed by atoms with Crippen molar-refractivity contribution in [3.8, 4) is 0 Å². The summed E-state index contributed by atoms with van der Waals surface area (Å²) in [4.78, 5) is 12.5. The summed E-state index contributed by atoms with van der Waals surface area (Å²) in [6.07, 6.45) is 22.1. The zero-order valence-electron chi connectivity index (χ0n) is 18.4. The second-order valence-corrected chi connectivity index (χ2v) is 8.87. The van der Waals surface area contributed by atoms with Crippen molar-refractivity contribution in [2.24, 2.45) is 5.92 Å². The average Bonchev–Trinajstić information content (AvgIpc) is 2.68. The van der Waals surface area contributed by atoms with Gasteiger partial charge in [-0.3, -0.25) is 4.79 Å². The van der Waals surface area contributed by atoms with E-state index in [9.17, 15) is 4.79 Å². The molecule has 0 aliphatic carbocycles. The van der Waals surface area contributed by atoms with Gasteiger partial charge in [-0.2, -0.15) is 0 Å². The number of ether oxygens (including phenoxy) is 1. The van der Waals surface area contributed by atoms with E-state index in [2.05, 4.69) is 29.8 Å². The minimum absolute atomic E-state index is 0.0836. The van der Waals surface area contributed by atoms with E-state index < -0.39 is 0 Å². The molecule has 0 aliphatic heterocycles. The van der Waals surface area contributed by atoms with Crippen molar-refractivity contribution >= 4 is 21.9 Å². The van der Waals surface area contributed by atoms with Crippen molar-refractivity contribution in [3.63, 3.8) is 0 Å². The highest BCUT2D eigenvalue weighted by Crippen LogP contribution is 2.20. The number of carbonyl (C=O) groups excluding carboxylic acids is 1. The van der Waals surface area contributed by atoms with Crippen LogP contribution in [0.2, 0.25) is 0 Å². The lowest BCUT2D eigenvalue weighted by molar-refractivity contribution is -0.149. The van der Waals surface area contributed by atoms with Crippen LogP contribution in [0.15, 0.2) is 0 Å². The molecule has 162 valence electrons. The summed E-state index contributed by atoms with van der Waals surface area (Å²) in [6.45, 7) is 5.12. The SMILES string of the molecule is CCCCCCCC(CCCCCCC)C(=O)OCCCCCCCCBr. The van der Waals surface area contributed by atoms with Gasteiger partial charge in [-0.05, 0) is 25.7 Å². The van der Waals surface area contributed by atoms with Crippen molar-refractivity contribution in [1.82, 2.24) is 0 Å². The van der Waals surface area contributed by atoms with Crippen molar-refractivity contribution < 1.29 is 9.53 Å². The Kier molecular flexibility index (Phi) is 22.2. The molecule has 27 heavy (non-hydrogen) atoms. The Balaban J connectivity index is 3.95. The van der Waals surface area contributed by atoms with Crippen LogP contribution in [0, 0.1) is 5.92 Å². The van der Waals surface area contributed by atoms with Crippen LogP contribution in [0.1, 0.15) is 129 Å². The third kappa shape index (κ3) is 19.1. The molecule has 0 aromatic rings. The third-order valence-electron chi connectivity index (χ3n) is 5.42. The smallest absolute Gasteiger partial charge is 0.308 e. The lowest BCUT2D eigenvalue weighted by atomic mass is 9.94. The predicted molar refractivity (Wildman–Crippen MR) is 123 cm³/mol. The van der Waals surface area contributed by atoms with Gasteiger partial charge in [-0.15, -0.1) is 0 Å². The van der Waals surface area contributed by atoms with Gasteiger partial charge >= 0.3 is 5.97 Å². The fourth-order valence-electron chi connectivity index (χ4n) is 3.56. The van der Waals surface area contributed by atoms with Crippen LogP contribution in [0.3, 0.4) is 0 Å². The van der Waals surface area contributed by atoms with Crippen molar-refractivity contribution in [3.05, 3.63) is 0 Å². The number of hydrogen-bond acceptors (Lipinski definition) is 2. The van der Waals surface area contributed by atoms with Crippen LogP contribution in [-0.4, -0.2) is 17.9 Å². The largest absolute Gasteiger partial charge is 0.465 e. The van der Waals surface area contributed by atoms with Crippen molar-refractivity contribution in [2.45, 2.75) is 129 Å². The third-order valence-corrected chi connectivity index (χ3v) is 5.98. The van der Waals surface area contributed by atoms with Crippen LogP contribution in [-0.2, 0) is 9.53 Å². The minimum atomic E-state index is 0.0836. The molecule has 3 heteroatoms. The van der Waals surface area contributed by atoms with E-state index in [1.54, 1.807) is 0 Å². The van der Waals surface area contributed by atoms with Gasteiger partial charge < -0.3 is 4.74 Å². The number of carbonyl (C=O) groups is 1. The van der Waals surface area contributed by atoms with Crippen LogP contribution >= 0.6 is 15.9 Å². The lowest BCUT2D eigenvalue weighted by Crippen LogP contribution is -2.18. The van der Waals surface area contributed by atoms with Gasteiger partial charge in [0.1, 0.15) is 0 Å². The topological polar surface area (TPSA) is 26.3 Å². The minimum Gasteiger partial charge on any atom is -0.465 e. The molecule has 0 N–H and O–H groups in total. The highest BCUT2D eigenvalue weighted by molar-refractivity contribution is 9.09. The number of esters is 1. The number of rotatable bonds is 21. The number of halogens is 1. The summed E-state index contributed by atoms with van der Waals surface area (Å²) < 4.78 is 5.64. The number of hydrogen-bond donors (Lipinski definition) is 0. The van der Waals surface area contributed by atoms with E-state index in [4.69, 9.17) is 4.74 Å². The molecule has 0 aromatic heterocycles.